The Hall–Kier alpha value is -4.87. The topological polar surface area (TPSA) is 224 Å². The number of fused-ring (bicyclic) bond motifs is 3. The van der Waals surface area contributed by atoms with E-state index in [1.54, 1.807) is 19.2 Å². The molecule has 5 heterocycles. The molecule has 58 heavy (non-hydrogen) atoms. The van der Waals surface area contributed by atoms with E-state index in [0.717, 1.165) is 17.0 Å². The van der Waals surface area contributed by atoms with Crippen LogP contribution in [0.5, 0.6) is 11.5 Å². The summed E-state index contributed by atoms with van der Waals surface area (Å²) in [7, 11) is 0. The normalized spacial score (nSPS) is 26.3. The number of benzene rings is 2. The Kier molecular flexibility index (Phi) is 10.8. The molecule has 1 spiro atoms. The number of phenols is 1. The van der Waals surface area contributed by atoms with Crippen molar-refractivity contribution >= 4 is 28.3 Å². The number of aliphatic hydroxyl groups is 5. The fourth-order valence-electron chi connectivity index (χ4n) is 9.11. The van der Waals surface area contributed by atoms with Crippen LogP contribution in [0.15, 0.2) is 86.3 Å². The summed E-state index contributed by atoms with van der Waals surface area (Å²) in [6.45, 7) is 3.15. The van der Waals surface area contributed by atoms with Crippen molar-refractivity contribution in [3.8, 4) is 11.5 Å². The van der Waals surface area contributed by atoms with Gasteiger partial charge in [-0.15, -0.1) is 0 Å². The molecule has 1 fully saturated rings. The lowest BCUT2D eigenvalue weighted by Gasteiger charge is -2.48. The Labute approximate surface area is 334 Å². The van der Waals surface area contributed by atoms with E-state index >= 15 is 0 Å². The Morgan fingerprint density at radius 1 is 1.14 bits per heavy atom. The predicted octanol–water partition coefficient (Wildman–Crippen LogP) is 2.40. The molecule has 7 N–H and O–H groups in total. The summed E-state index contributed by atoms with van der Waals surface area (Å²) in [5.41, 5.74) is 1.42. The number of hydrogen-bond acceptors (Lipinski definition) is 14. The Morgan fingerprint density at radius 3 is 2.66 bits per heavy atom. The molecule has 1 aliphatic carbocycles. The van der Waals surface area contributed by atoms with E-state index in [1.165, 1.54) is 30.3 Å². The zero-order chi connectivity index (χ0) is 40.9. The molecule has 308 valence electrons. The van der Waals surface area contributed by atoms with Crippen molar-refractivity contribution in [3.63, 3.8) is 0 Å². The Morgan fingerprint density at radius 2 is 1.93 bits per heavy atom. The smallest absolute Gasteiger partial charge is 0.220 e. The maximum Gasteiger partial charge on any atom is 0.220 e. The van der Waals surface area contributed by atoms with Crippen LogP contribution in [-0.2, 0) is 27.4 Å². The van der Waals surface area contributed by atoms with Crippen molar-refractivity contribution in [2.24, 2.45) is 16.8 Å². The number of aliphatic hydroxyl groups excluding tert-OH is 4. The van der Waals surface area contributed by atoms with Crippen molar-refractivity contribution in [3.05, 3.63) is 99.2 Å². The van der Waals surface area contributed by atoms with Gasteiger partial charge < -0.3 is 50.0 Å². The summed E-state index contributed by atoms with van der Waals surface area (Å²) in [6.07, 6.45) is 2.96. The van der Waals surface area contributed by atoms with Crippen molar-refractivity contribution in [2.45, 2.75) is 88.0 Å². The highest BCUT2D eigenvalue weighted by atomic mass is 17.2. The number of allylic oxidation sites excluding steroid dienone is 3. The van der Waals surface area contributed by atoms with E-state index in [0.29, 0.717) is 78.1 Å². The molecule has 8 rings (SSSR count). The number of carbonyl (C=O) groups excluding carboxylic acids is 1. The van der Waals surface area contributed by atoms with E-state index in [2.05, 4.69) is 28.2 Å². The van der Waals surface area contributed by atoms with Gasteiger partial charge in [-0.3, -0.25) is 14.6 Å². The van der Waals surface area contributed by atoms with Gasteiger partial charge in [0.25, 0.3) is 0 Å². The van der Waals surface area contributed by atoms with Crippen LogP contribution < -0.4 is 20.4 Å². The number of amides is 1. The molecular weight excluding hydrogens is 750 g/mol. The van der Waals surface area contributed by atoms with Gasteiger partial charge in [-0.05, 0) is 61.4 Å². The number of aryl methyl sites for hydroxylation is 1. The molecule has 0 radical (unpaired) electrons. The van der Waals surface area contributed by atoms with Gasteiger partial charge in [0.15, 0.2) is 16.8 Å². The summed E-state index contributed by atoms with van der Waals surface area (Å²) in [5.74, 6) is 0.819. The number of rotatable bonds is 13. The quantitative estimate of drug-likeness (QED) is 0.0751. The summed E-state index contributed by atoms with van der Waals surface area (Å²) < 4.78 is 13.6. The first kappa shape index (κ1) is 39.9. The molecule has 1 aromatic heterocycles. The van der Waals surface area contributed by atoms with Gasteiger partial charge in [-0.2, -0.15) is 0 Å². The number of aromatic hydroxyl groups is 1. The minimum atomic E-state index is -2.27. The third kappa shape index (κ3) is 7.25. The number of carbonyl (C=O) groups is 1. The molecule has 1 amide bonds. The molecule has 15 heteroatoms. The van der Waals surface area contributed by atoms with Crippen molar-refractivity contribution in [2.75, 3.05) is 31.2 Å². The molecule has 8 atom stereocenters. The first-order chi connectivity index (χ1) is 27.8. The maximum atomic E-state index is 13.6. The highest BCUT2D eigenvalue weighted by molar-refractivity contribution is 6.13. The van der Waals surface area contributed by atoms with Crippen LogP contribution in [-0.4, -0.2) is 104 Å². The largest absolute Gasteiger partial charge is 0.508 e. The number of hydrogen-bond donors (Lipinski definition) is 7. The molecule has 4 aliphatic heterocycles. The van der Waals surface area contributed by atoms with Crippen LogP contribution in [0.25, 0.3) is 11.0 Å². The lowest BCUT2D eigenvalue weighted by atomic mass is 9.71. The maximum absolute atomic E-state index is 13.6. The second-order valence-electron chi connectivity index (χ2n) is 16.1. The second kappa shape index (κ2) is 15.7. The molecule has 1 saturated heterocycles. The van der Waals surface area contributed by atoms with Crippen LogP contribution >= 0.6 is 0 Å². The van der Waals surface area contributed by atoms with Crippen LogP contribution in [0.1, 0.15) is 49.5 Å². The number of anilines is 1. The number of phenolic OH excluding ortho intramolecular Hbond substituents is 1. The van der Waals surface area contributed by atoms with E-state index in [4.69, 9.17) is 18.9 Å². The SMILES string of the molecule is CCC1=C2C=CN=C2CN1c1c2c(cc3c(=O)cc(C)oc13)CC(OOCC(O)(Cc1ccc(O)cc1)C(O)C(O)C(O)CO)C1(CC=CC(C3CNC(=O)C3)C1)O2. The third-order valence-corrected chi connectivity index (χ3v) is 12.2. The van der Waals surface area contributed by atoms with E-state index in [-0.39, 0.29) is 41.8 Å². The van der Waals surface area contributed by atoms with Crippen LogP contribution in [0, 0.1) is 18.8 Å². The summed E-state index contributed by atoms with van der Waals surface area (Å²) >= 11 is 0. The monoisotopic (exact) mass is 799 g/mol. The summed E-state index contributed by atoms with van der Waals surface area (Å²) in [6, 6.07) is 9.05. The molecule has 3 aromatic rings. The number of nitrogens with one attached hydrogen (secondary N) is 1. The Bertz CT molecular complexity index is 2270. The lowest BCUT2D eigenvalue weighted by molar-refractivity contribution is -0.373. The van der Waals surface area contributed by atoms with Gasteiger partial charge in [0.05, 0.1) is 24.2 Å². The molecule has 15 nitrogen and oxygen atoms in total. The van der Waals surface area contributed by atoms with E-state index < -0.39 is 48.8 Å². The molecule has 0 bridgehead atoms. The second-order valence-corrected chi connectivity index (χ2v) is 16.1. The minimum absolute atomic E-state index is 0.00611. The first-order valence-electron chi connectivity index (χ1n) is 19.7. The van der Waals surface area contributed by atoms with Gasteiger partial charge in [0.2, 0.25) is 5.91 Å². The van der Waals surface area contributed by atoms with E-state index in [9.17, 15) is 40.2 Å². The summed E-state index contributed by atoms with van der Waals surface area (Å²) in [4.78, 5) is 44.9. The molecule has 8 unspecified atom stereocenters. The number of nitrogens with zero attached hydrogens (tertiary/aromatic N) is 2. The predicted molar refractivity (Wildman–Crippen MR) is 211 cm³/mol. The molecule has 5 aliphatic rings. The van der Waals surface area contributed by atoms with Crippen LogP contribution in [0.2, 0.25) is 0 Å². The third-order valence-electron chi connectivity index (χ3n) is 12.2. The summed E-state index contributed by atoms with van der Waals surface area (Å²) in [5, 5.41) is 66.7. The van der Waals surface area contributed by atoms with Gasteiger partial charge >= 0.3 is 0 Å². The number of ether oxygens (including phenoxy) is 1. The van der Waals surface area contributed by atoms with Crippen LogP contribution in [0.3, 0.4) is 0 Å². The van der Waals surface area contributed by atoms with Crippen molar-refractivity contribution in [1.82, 2.24) is 5.32 Å². The average molecular weight is 800 g/mol. The highest BCUT2D eigenvalue weighted by Gasteiger charge is 2.52. The number of aliphatic imine (C=N–C) groups is 1. The molecule has 2 aromatic carbocycles. The zero-order valence-electron chi connectivity index (χ0n) is 32.3. The van der Waals surface area contributed by atoms with Gasteiger partial charge in [0, 0.05) is 61.3 Å². The minimum Gasteiger partial charge on any atom is -0.508 e. The molecule has 0 saturated carbocycles. The van der Waals surface area contributed by atoms with Crippen LogP contribution in [0.4, 0.5) is 5.69 Å². The highest BCUT2D eigenvalue weighted by Crippen LogP contribution is 2.52. The average Bonchev–Trinajstić information content (AvgIpc) is 3.94. The van der Waals surface area contributed by atoms with Crippen molar-refractivity contribution in [1.29, 1.82) is 0 Å². The first-order valence-corrected chi connectivity index (χ1v) is 19.7. The van der Waals surface area contributed by atoms with Gasteiger partial charge in [-0.25, -0.2) is 9.78 Å². The van der Waals surface area contributed by atoms with E-state index in [1.807, 2.05) is 12.2 Å². The molecular formula is C43H49N3O12. The zero-order valence-corrected chi connectivity index (χ0v) is 32.3. The fraction of sp³-hybridized carbons (Fsp3) is 0.465. The Balaban J connectivity index is 1.19. The standard InChI is InChI=1S/C43H49N3O12/c1-3-32-29-10-12-44-31(29)20-46(32)37-39-26(14-30-33(49)13-23(2)56-40(30)37)15-35(43(57-39)11-4-5-25(18-43)27-16-36(51)45-19-27)58-55-22-42(54,41(53)38(52)34(50)21-47)17-24-6-8-28(48)9-7-24/h4-10,12-14,25,27,34-35,38,41,47-48,50,52-54H,3,11,15-22H2,1-2H3,(H,45,51). The van der Waals surface area contributed by atoms with Gasteiger partial charge in [0.1, 0.15) is 59.4 Å². The lowest BCUT2D eigenvalue weighted by Crippen LogP contribution is -2.58. The van der Waals surface area contributed by atoms with Crippen molar-refractivity contribution < 1.29 is 54.4 Å². The van der Waals surface area contributed by atoms with Gasteiger partial charge in [-0.1, -0.05) is 31.2 Å². The fourth-order valence-corrected chi connectivity index (χ4v) is 9.11.